The number of hydrogen-bond donors (Lipinski definition) is 3. The van der Waals surface area contributed by atoms with Gasteiger partial charge in [-0.05, 0) is 89.9 Å². The number of hydrogen-bond acceptors (Lipinski definition) is 3. The zero-order valence-electron chi connectivity index (χ0n) is 35.4. The van der Waals surface area contributed by atoms with Gasteiger partial charge in [-0.2, -0.15) is 0 Å². The number of aliphatic hydroxyl groups excluding tert-OH is 2. The highest BCUT2D eigenvalue weighted by atomic mass is 16.3. The van der Waals surface area contributed by atoms with Crippen molar-refractivity contribution in [3.05, 3.63) is 122 Å². The van der Waals surface area contributed by atoms with Crippen LogP contribution in [0.4, 0.5) is 0 Å². The van der Waals surface area contributed by atoms with Gasteiger partial charge in [-0.3, -0.25) is 4.79 Å². The molecule has 0 spiro atoms. The minimum atomic E-state index is -0.849. The molecule has 1 amide bonds. The van der Waals surface area contributed by atoms with Gasteiger partial charge in [-0.25, -0.2) is 0 Å². The Balaban J connectivity index is 3.66. The number of unbranched alkanes of at least 4 members (excludes halogenated alkanes) is 13. The van der Waals surface area contributed by atoms with Crippen molar-refractivity contribution in [3.63, 3.8) is 0 Å². The summed E-state index contributed by atoms with van der Waals surface area (Å²) in [6.45, 7) is 4.13. The Labute approximate surface area is 339 Å². The van der Waals surface area contributed by atoms with E-state index in [1.165, 1.54) is 57.8 Å². The van der Waals surface area contributed by atoms with E-state index in [1.54, 1.807) is 6.08 Å². The third-order valence-electron chi connectivity index (χ3n) is 9.20. The Kier molecular flexibility index (Phi) is 42.5. The van der Waals surface area contributed by atoms with Crippen LogP contribution in [0.2, 0.25) is 0 Å². The summed E-state index contributed by atoms with van der Waals surface area (Å²) < 4.78 is 0. The minimum Gasteiger partial charge on any atom is -0.394 e. The maximum absolute atomic E-state index is 12.3. The van der Waals surface area contributed by atoms with Gasteiger partial charge in [-0.15, -0.1) is 0 Å². The Morgan fingerprint density at radius 3 is 1.20 bits per heavy atom. The molecule has 55 heavy (non-hydrogen) atoms. The topological polar surface area (TPSA) is 69.6 Å². The van der Waals surface area contributed by atoms with Gasteiger partial charge in [0.25, 0.3) is 0 Å². The molecule has 0 aliphatic heterocycles. The summed E-state index contributed by atoms with van der Waals surface area (Å²) in [5.41, 5.74) is 0. The fraction of sp³-hybridized carbons (Fsp3) is 0.588. The first-order valence-corrected chi connectivity index (χ1v) is 22.2. The predicted molar refractivity (Wildman–Crippen MR) is 243 cm³/mol. The van der Waals surface area contributed by atoms with Gasteiger partial charge in [0.15, 0.2) is 0 Å². The summed E-state index contributed by atoms with van der Waals surface area (Å²) >= 11 is 0. The molecule has 3 N–H and O–H groups in total. The first kappa shape index (κ1) is 51.8. The van der Waals surface area contributed by atoms with Crippen molar-refractivity contribution < 1.29 is 15.0 Å². The number of amides is 1. The third kappa shape index (κ3) is 41.8. The second kappa shape index (κ2) is 45.2. The van der Waals surface area contributed by atoms with Crippen molar-refractivity contribution in [1.82, 2.24) is 5.32 Å². The third-order valence-corrected chi connectivity index (χ3v) is 9.20. The standard InChI is InChI=1S/C51H83NO3/c1-3-5-7-9-11-13-14-15-16-17-18-19-20-21-22-23-24-25-26-27-28-29-30-31-32-33-34-35-36-37-38-39-41-43-45-47-51(55)52-49(48-53)50(54)46-44-42-40-12-10-8-6-4-2/h5,7,11,13,15-16,18-19,21-22,24-25,27-28,30-31,33-34,44,46,49-50,53-54H,3-4,6,8-10,12,14,17,20,23,26,29,32,35-43,45,47-48H2,1-2H3,(H,52,55)/b7-5-,13-11-,16-15-,19-18-,22-21-,25-24-,28-27-,31-30-,34-33-,46-44+. The summed E-state index contributed by atoms with van der Waals surface area (Å²) in [5.74, 6) is -0.0858. The van der Waals surface area contributed by atoms with E-state index in [2.05, 4.69) is 129 Å². The van der Waals surface area contributed by atoms with Gasteiger partial charge >= 0.3 is 0 Å². The van der Waals surface area contributed by atoms with E-state index in [9.17, 15) is 15.0 Å². The second-order valence-electron chi connectivity index (χ2n) is 14.4. The lowest BCUT2D eigenvalue weighted by Gasteiger charge is -2.20. The van der Waals surface area contributed by atoms with Crippen LogP contribution in [0.5, 0.6) is 0 Å². The molecule has 0 radical (unpaired) electrons. The zero-order valence-corrected chi connectivity index (χ0v) is 35.4. The number of carbonyl (C=O) groups is 1. The number of nitrogens with one attached hydrogen (secondary N) is 1. The number of carbonyl (C=O) groups excluding carboxylic acids is 1. The lowest BCUT2D eigenvalue weighted by Crippen LogP contribution is -2.45. The summed E-state index contributed by atoms with van der Waals surface area (Å²) in [5, 5.41) is 22.8. The van der Waals surface area contributed by atoms with Gasteiger partial charge in [-0.1, -0.05) is 200 Å². The molecule has 4 heteroatoms. The highest BCUT2D eigenvalue weighted by Gasteiger charge is 2.17. The van der Waals surface area contributed by atoms with Crippen LogP contribution in [0.15, 0.2) is 122 Å². The molecule has 0 saturated heterocycles. The Hall–Kier alpha value is -3.21. The molecule has 2 atom stereocenters. The first-order valence-electron chi connectivity index (χ1n) is 22.2. The van der Waals surface area contributed by atoms with Crippen LogP contribution in [0.1, 0.15) is 174 Å². The van der Waals surface area contributed by atoms with Crippen molar-refractivity contribution in [3.8, 4) is 0 Å². The van der Waals surface area contributed by atoms with Crippen LogP contribution in [-0.4, -0.2) is 34.9 Å². The summed E-state index contributed by atoms with van der Waals surface area (Å²) in [6.07, 6.45) is 70.3. The van der Waals surface area contributed by atoms with Gasteiger partial charge in [0.1, 0.15) is 0 Å². The molecule has 0 bridgehead atoms. The highest BCUT2D eigenvalue weighted by Crippen LogP contribution is 2.11. The molecule has 0 heterocycles. The van der Waals surface area contributed by atoms with Crippen LogP contribution in [0, 0.1) is 0 Å². The molecule has 4 nitrogen and oxygen atoms in total. The smallest absolute Gasteiger partial charge is 0.220 e. The molecule has 2 unspecified atom stereocenters. The van der Waals surface area contributed by atoms with Crippen LogP contribution in [-0.2, 0) is 4.79 Å². The fourth-order valence-corrected chi connectivity index (χ4v) is 5.81. The van der Waals surface area contributed by atoms with E-state index in [0.717, 1.165) is 96.3 Å². The van der Waals surface area contributed by atoms with Gasteiger partial charge in [0.2, 0.25) is 5.91 Å². The van der Waals surface area contributed by atoms with Crippen LogP contribution in [0.3, 0.4) is 0 Å². The second-order valence-corrected chi connectivity index (χ2v) is 14.4. The fourth-order valence-electron chi connectivity index (χ4n) is 5.81. The summed E-state index contributed by atoms with van der Waals surface area (Å²) in [7, 11) is 0. The molecular weight excluding hydrogens is 675 g/mol. The number of rotatable bonds is 38. The van der Waals surface area contributed by atoms with Crippen molar-refractivity contribution in [2.24, 2.45) is 0 Å². The number of aliphatic hydroxyl groups is 2. The van der Waals surface area contributed by atoms with Crippen molar-refractivity contribution in [1.29, 1.82) is 0 Å². The SMILES string of the molecule is CC/C=C\C/C=C\C/C=C\C/C=C\C/C=C\C/C=C\C/C=C\C/C=C\C/C=C\CCCCCCCCCC(=O)NC(CO)C(O)/C=C/CCCCCCCC. The summed E-state index contributed by atoms with van der Waals surface area (Å²) in [4.78, 5) is 12.3. The molecule has 0 fully saturated rings. The molecule has 0 aromatic carbocycles. The number of allylic oxidation sites excluding steroid dienone is 19. The Morgan fingerprint density at radius 2 is 0.800 bits per heavy atom. The van der Waals surface area contributed by atoms with Crippen LogP contribution >= 0.6 is 0 Å². The molecule has 0 rings (SSSR count). The van der Waals surface area contributed by atoms with E-state index in [4.69, 9.17) is 0 Å². The molecule has 0 aromatic heterocycles. The zero-order chi connectivity index (χ0) is 40.0. The van der Waals surface area contributed by atoms with E-state index < -0.39 is 12.1 Å². The highest BCUT2D eigenvalue weighted by molar-refractivity contribution is 5.76. The average Bonchev–Trinajstić information content (AvgIpc) is 3.19. The van der Waals surface area contributed by atoms with E-state index in [1.807, 2.05) is 6.08 Å². The van der Waals surface area contributed by atoms with E-state index in [0.29, 0.717) is 6.42 Å². The lowest BCUT2D eigenvalue weighted by atomic mass is 10.1. The predicted octanol–water partition coefficient (Wildman–Crippen LogP) is 14.2. The van der Waals surface area contributed by atoms with Gasteiger partial charge in [0.05, 0.1) is 18.8 Å². The van der Waals surface area contributed by atoms with Crippen molar-refractivity contribution >= 4 is 5.91 Å². The molecule has 0 saturated carbocycles. The normalized spacial score (nSPS) is 14.2. The Bertz CT molecular complexity index is 1130. The van der Waals surface area contributed by atoms with Crippen LogP contribution < -0.4 is 5.32 Å². The molecular formula is C51H83NO3. The minimum absolute atomic E-state index is 0.0858. The van der Waals surface area contributed by atoms with Gasteiger partial charge in [0, 0.05) is 6.42 Å². The maximum Gasteiger partial charge on any atom is 0.220 e. The summed E-state index contributed by atoms with van der Waals surface area (Å²) in [6, 6.07) is -0.634. The van der Waals surface area contributed by atoms with E-state index in [-0.39, 0.29) is 12.5 Å². The molecule has 0 aromatic rings. The molecule has 0 aliphatic rings. The van der Waals surface area contributed by atoms with Gasteiger partial charge < -0.3 is 15.5 Å². The molecule has 310 valence electrons. The molecule has 0 aliphatic carbocycles. The maximum atomic E-state index is 12.3. The van der Waals surface area contributed by atoms with Crippen LogP contribution in [0.25, 0.3) is 0 Å². The quantitative estimate of drug-likeness (QED) is 0.0434. The largest absolute Gasteiger partial charge is 0.394 e. The Morgan fingerprint density at radius 1 is 0.455 bits per heavy atom. The average molecular weight is 758 g/mol. The monoisotopic (exact) mass is 758 g/mol. The van der Waals surface area contributed by atoms with Crippen molar-refractivity contribution in [2.75, 3.05) is 6.61 Å². The first-order chi connectivity index (χ1) is 27.2. The lowest BCUT2D eigenvalue weighted by molar-refractivity contribution is -0.123. The van der Waals surface area contributed by atoms with E-state index >= 15 is 0 Å². The van der Waals surface area contributed by atoms with Crippen molar-refractivity contribution in [2.45, 2.75) is 187 Å².